The zero-order chi connectivity index (χ0) is 15.9. The van der Waals surface area contributed by atoms with Crippen LogP contribution >= 0.6 is 23.2 Å². The molecule has 1 aliphatic rings. The highest BCUT2D eigenvalue weighted by atomic mass is 35.5. The summed E-state index contributed by atoms with van der Waals surface area (Å²) in [5, 5.41) is 10.1. The van der Waals surface area contributed by atoms with Crippen LogP contribution in [0.5, 0.6) is 0 Å². The van der Waals surface area contributed by atoms with Crippen molar-refractivity contribution in [1.82, 2.24) is 14.8 Å². The maximum atomic E-state index is 12.1. The molecule has 1 aromatic heterocycles. The molecule has 1 aliphatic heterocycles. The first-order valence-electron chi connectivity index (χ1n) is 6.43. The van der Waals surface area contributed by atoms with E-state index in [1.54, 1.807) is 25.1 Å². The Balaban J connectivity index is 1.71. The Kier molecular flexibility index (Phi) is 3.76. The number of aryl methyl sites for hydroxylation is 1. The predicted molar refractivity (Wildman–Crippen MR) is 82.1 cm³/mol. The number of halogens is 2. The summed E-state index contributed by atoms with van der Waals surface area (Å²) >= 11 is 11.7. The van der Waals surface area contributed by atoms with Gasteiger partial charge in [-0.1, -0.05) is 23.2 Å². The molecule has 0 saturated carbocycles. The van der Waals surface area contributed by atoms with E-state index in [1.807, 2.05) is 0 Å². The molecular weight excluding hydrogens is 329 g/mol. The van der Waals surface area contributed by atoms with Crippen LogP contribution in [0.3, 0.4) is 0 Å². The van der Waals surface area contributed by atoms with E-state index in [0.29, 0.717) is 27.5 Å². The SMILES string of the molecule is Cc1nc2n(n1)C(CC(=O)Nc1ccc(Cl)c(Cl)c1)C(=O)N2. The average Bonchev–Trinajstić information content (AvgIpc) is 2.92. The number of anilines is 2. The van der Waals surface area contributed by atoms with Crippen LogP contribution < -0.4 is 10.6 Å². The van der Waals surface area contributed by atoms with Gasteiger partial charge in [0, 0.05) is 5.69 Å². The molecule has 0 fully saturated rings. The summed E-state index contributed by atoms with van der Waals surface area (Å²) in [5.41, 5.74) is 0.507. The molecule has 3 rings (SSSR count). The molecule has 2 N–H and O–H groups in total. The lowest BCUT2D eigenvalue weighted by Crippen LogP contribution is -2.23. The van der Waals surface area contributed by atoms with Gasteiger partial charge in [-0.05, 0) is 25.1 Å². The third-order valence-corrected chi connectivity index (χ3v) is 3.89. The molecule has 0 radical (unpaired) electrons. The van der Waals surface area contributed by atoms with Gasteiger partial charge < -0.3 is 5.32 Å². The molecular formula is C13H11Cl2N5O2. The fourth-order valence-electron chi connectivity index (χ4n) is 2.18. The molecule has 0 aliphatic carbocycles. The second-order valence-electron chi connectivity index (χ2n) is 4.81. The summed E-state index contributed by atoms with van der Waals surface area (Å²) in [7, 11) is 0. The fourth-order valence-corrected chi connectivity index (χ4v) is 2.48. The van der Waals surface area contributed by atoms with Crippen molar-refractivity contribution in [1.29, 1.82) is 0 Å². The third-order valence-electron chi connectivity index (χ3n) is 3.15. The second kappa shape index (κ2) is 5.58. The number of hydrogen-bond donors (Lipinski definition) is 2. The molecule has 22 heavy (non-hydrogen) atoms. The lowest BCUT2D eigenvalue weighted by atomic mass is 10.2. The highest BCUT2D eigenvalue weighted by Crippen LogP contribution is 2.27. The molecule has 0 bridgehead atoms. The molecule has 114 valence electrons. The third kappa shape index (κ3) is 2.77. The Hall–Kier alpha value is -2.12. The number of carbonyl (C=O) groups excluding carboxylic acids is 2. The van der Waals surface area contributed by atoms with Gasteiger partial charge in [0.1, 0.15) is 11.9 Å². The standard InChI is InChI=1S/C13H11Cl2N5O2/c1-6-16-13-18-12(22)10(20(13)19-6)5-11(21)17-7-2-3-8(14)9(15)4-7/h2-4,10H,5H2,1H3,(H,17,21)(H,16,18,19,22). The van der Waals surface area contributed by atoms with Gasteiger partial charge in [0.05, 0.1) is 16.5 Å². The number of amides is 2. The van der Waals surface area contributed by atoms with E-state index in [1.165, 1.54) is 4.68 Å². The molecule has 2 aromatic rings. The van der Waals surface area contributed by atoms with Gasteiger partial charge in [0.25, 0.3) is 5.91 Å². The van der Waals surface area contributed by atoms with E-state index in [2.05, 4.69) is 20.7 Å². The monoisotopic (exact) mass is 339 g/mol. The first-order chi connectivity index (χ1) is 10.4. The number of benzene rings is 1. The van der Waals surface area contributed by atoms with Crippen LogP contribution in [0.25, 0.3) is 0 Å². The molecule has 7 nitrogen and oxygen atoms in total. The molecule has 1 unspecified atom stereocenters. The van der Waals surface area contributed by atoms with Gasteiger partial charge in [0.2, 0.25) is 11.9 Å². The quantitative estimate of drug-likeness (QED) is 0.898. The van der Waals surface area contributed by atoms with Crippen molar-refractivity contribution in [2.75, 3.05) is 10.6 Å². The average molecular weight is 340 g/mol. The summed E-state index contributed by atoms with van der Waals surface area (Å²) in [6.45, 7) is 1.71. The van der Waals surface area contributed by atoms with Crippen LogP contribution in [0.4, 0.5) is 11.6 Å². The summed E-state index contributed by atoms with van der Waals surface area (Å²) in [6, 6.07) is 4.05. The molecule has 0 saturated heterocycles. The van der Waals surface area contributed by atoms with Crippen molar-refractivity contribution in [2.45, 2.75) is 19.4 Å². The van der Waals surface area contributed by atoms with Gasteiger partial charge in [-0.15, -0.1) is 0 Å². The van der Waals surface area contributed by atoms with Gasteiger partial charge in [-0.2, -0.15) is 10.1 Å². The smallest absolute Gasteiger partial charge is 0.252 e. The summed E-state index contributed by atoms with van der Waals surface area (Å²) in [4.78, 5) is 28.0. The fraction of sp³-hybridized carbons (Fsp3) is 0.231. The first kappa shape index (κ1) is 14.8. The van der Waals surface area contributed by atoms with Crippen molar-refractivity contribution < 1.29 is 9.59 Å². The summed E-state index contributed by atoms with van der Waals surface area (Å²) < 4.78 is 1.42. The van der Waals surface area contributed by atoms with Crippen molar-refractivity contribution >= 4 is 46.7 Å². The Bertz CT molecular complexity index is 774. The van der Waals surface area contributed by atoms with Gasteiger partial charge >= 0.3 is 0 Å². The largest absolute Gasteiger partial charge is 0.326 e. The number of hydrogen-bond acceptors (Lipinski definition) is 4. The van der Waals surface area contributed by atoms with E-state index in [4.69, 9.17) is 23.2 Å². The van der Waals surface area contributed by atoms with Crippen molar-refractivity contribution in [2.24, 2.45) is 0 Å². The normalized spacial score (nSPS) is 16.3. The van der Waals surface area contributed by atoms with E-state index in [9.17, 15) is 9.59 Å². The molecule has 2 heterocycles. The number of rotatable bonds is 3. The number of nitrogens with one attached hydrogen (secondary N) is 2. The lowest BCUT2D eigenvalue weighted by Gasteiger charge is -2.10. The minimum absolute atomic E-state index is 0.0537. The Labute approximate surface area is 135 Å². The number of aromatic nitrogens is 3. The molecule has 1 atom stereocenters. The van der Waals surface area contributed by atoms with E-state index >= 15 is 0 Å². The predicted octanol–water partition coefficient (Wildman–Crippen LogP) is 2.42. The minimum Gasteiger partial charge on any atom is -0.326 e. The Morgan fingerprint density at radius 1 is 1.41 bits per heavy atom. The van der Waals surface area contributed by atoms with E-state index in [-0.39, 0.29) is 18.2 Å². The highest BCUT2D eigenvalue weighted by Gasteiger charge is 2.34. The van der Waals surface area contributed by atoms with Crippen LogP contribution in [-0.4, -0.2) is 26.6 Å². The van der Waals surface area contributed by atoms with E-state index < -0.39 is 6.04 Å². The molecule has 0 spiro atoms. The van der Waals surface area contributed by atoms with Crippen LogP contribution in [0, 0.1) is 6.92 Å². The number of carbonyl (C=O) groups is 2. The zero-order valence-corrected chi connectivity index (χ0v) is 12.9. The topological polar surface area (TPSA) is 88.9 Å². The molecule has 1 aromatic carbocycles. The maximum absolute atomic E-state index is 12.1. The summed E-state index contributed by atoms with van der Waals surface area (Å²) in [5.74, 6) is 0.249. The molecule has 2 amide bonds. The first-order valence-corrected chi connectivity index (χ1v) is 7.18. The number of nitrogens with zero attached hydrogens (tertiary/aromatic N) is 3. The maximum Gasteiger partial charge on any atom is 0.252 e. The van der Waals surface area contributed by atoms with Gasteiger partial charge in [-0.25, -0.2) is 4.68 Å². The van der Waals surface area contributed by atoms with Crippen LogP contribution in [0.15, 0.2) is 18.2 Å². The zero-order valence-electron chi connectivity index (χ0n) is 11.4. The minimum atomic E-state index is -0.709. The van der Waals surface area contributed by atoms with E-state index in [0.717, 1.165) is 0 Å². The van der Waals surface area contributed by atoms with Gasteiger partial charge in [-0.3, -0.25) is 14.9 Å². The van der Waals surface area contributed by atoms with Crippen molar-refractivity contribution in [3.05, 3.63) is 34.1 Å². The van der Waals surface area contributed by atoms with Crippen LogP contribution in [-0.2, 0) is 9.59 Å². The van der Waals surface area contributed by atoms with Crippen LogP contribution in [0.2, 0.25) is 10.0 Å². The Morgan fingerprint density at radius 2 is 2.18 bits per heavy atom. The van der Waals surface area contributed by atoms with Gasteiger partial charge in [0.15, 0.2) is 0 Å². The Morgan fingerprint density at radius 3 is 2.91 bits per heavy atom. The lowest BCUT2D eigenvalue weighted by molar-refractivity contribution is -0.123. The highest BCUT2D eigenvalue weighted by molar-refractivity contribution is 6.42. The number of fused-ring (bicyclic) bond motifs is 1. The summed E-state index contributed by atoms with van der Waals surface area (Å²) in [6.07, 6.45) is -0.0537. The second-order valence-corrected chi connectivity index (χ2v) is 5.63. The van der Waals surface area contributed by atoms with Crippen molar-refractivity contribution in [3.8, 4) is 0 Å². The van der Waals surface area contributed by atoms with Crippen molar-refractivity contribution in [3.63, 3.8) is 0 Å². The van der Waals surface area contributed by atoms with Crippen LogP contribution in [0.1, 0.15) is 18.3 Å². The molecule has 9 heteroatoms.